The number of pyridine rings is 1. The molecule has 1 aliphatic rings. The third-order valence-electron chi connectivity index (χ3n) is 4.85. The van der Waals surface area contributed by atoms with Gasteiger partial charge in [0.25, 0.3) is 0 Å². The molecule has 3 heterocycles. The lowest BCUT2D eigenvalue weighted by molar-refractivity contribution is -0.894. The summed E-state index contributed by atoms with van der Waals surface area (Å²) in [7, 11) is 0. The minimum absolute atomic E-state index is 0.0699. The van der Waals surface area contributed by atoms with Crippen LogP contribution in [-0.4, -0.2) is 32.4 Å². The van der Waals surface area contributed by atoms with E-state index in [1.54, 1.807) is 36.5 Å². The van der Waals surface area contributed by atoms with Crippen molar-refractivity contribution >= 4 is 17.6 Å². The van der Waals surface area contributed by atoms with Gasteiger partial charge in [-0.15, -0.1) is 10.00 Å². The van der Waals surface area contributed by atoms with Gasteiger partial charge < -0.3 is 5.21 Å². The summed E-state index contributed by atoms with van der Waals surface area (Å²) < 4.78 is 0.770. The summed E-state index contributed by atoms with van der Waals surface area (Å²) in [6.07, 6.45) is 3.01. The fourth-order valence-electron chi connectivity index (χ4n) is 3.41. The van der Waals surface area contributed by atoms with Crippen LogP contribution in [0.4, 0.5) is 5.82 Å². The van der Waals surface area contributed by atoms with Gasteiger partial charge in [0.05, 0.1) is 11.1 Å². The molecule has 29 heavy (non-hydrogen) atoms. The molecule has 0 bridgehead atoms. The van der Waals surface area contributed by atoms with Crippen molar-refractivity contribution in [1.29, 1.82) is 0 Å². The van der Waals surface area contributed by atoms with Gasteiger partial charge in [-0.25, -0.2) is 9.59 Å². The largest absolute Gasteiger partial charge is 0.350 e. The predicted octanol–water partition coefficient (Wildman–Crippen LogP) is 2.46. The van der Waals surface area contributed by atoms with Crippen molar-refractivity contribution in [3.8, 4) is 22.4 Å². The molecule has 8 nitrogen and oxygen atoms in total. The van der Waals surface area contributed by atoms with Crippen molar-refractivity contribution < 1.29 is 19.5 Å². The average Bonchev–Trinajstić information content (AvgIpc) is 3.37. The molecule has 0 atom stereocenters. The molecule has 0 radical (unpaired) electrons. The zero-order chi connectivity index (χ0) is 20.0. The first kappa shape index (κ1) is 16.8. The van der Waals surface area contributed by atoms with Crippen LogP contribution >= 0.6 is 0 Å². The molecule has 0 unspecified atom stereocenters. The lowest BCUT2D eigenvalue weighted by Crippen LogP contribution is -2.42. The van der Waals surface area contributed by atoms with Crippen LogP contribution in [0.25, 0.3) is 22.4 Å². The molecule has 8 heteroatoms. The summed E-state index contributed by atoms with van der Waals surface area (Å²) in [5.41, 5.74) is 3.42. The Labute approximate surface area is 164 Å². The lowest BCUT2D eigenvalue weighted by Gasteiger charge is -2.08. The van der Waals surface area contributed by atoms with Crippen LogP contribution in [0.1, 0.15) is 20.7 Å². The Bertz CT molecular complexity index is 1250. The number of aromatic nitrogens is 4. The van der Waals surface area contributed by atoms with E-state index < -0.39 is 11.8 Å². The Morgan fingerprint density at radius 3 is 2.41 bits per heavy atom. The number of nitrogens with one attached hydrogen (secondary N) is 1. The number of anilines is 1. The van der Waals surface area contributed by atoms with E-state index in [1.165, 1.54) is 6.20 Å². The van der Waals surface area contributed by atoms with Crippen molar-refractivity contribution in [1.82, 2.24) is 15.4 Å². The molecule has 5 rings (SSSR count). The highest BCUT2D eigenvalue weighted by molar-refractivity contribution is 6.34. The fraction of sp³-hybridized carbons (Fsp3) is 0. The van der Waals surface area contributed by atoms with E-state index in [9.17, 15) is 14.8 Å². The van der Waals surface area contributed by atoms with E-state index in [4.69, 9.17) is 0 Å². The molecule has 1 aliphatic heterocycles. The molecule has 4 aromatic rings. The summed E-state index contributed by atoms with van der Waals surface area (Å²) in [6, 6.07) is 17.7. The van der Waals surface area contributed by atoms with Crippen LogP contribution in [0, 0.1) is 0 Å². The van der Waals surface area contributed by atoms with Crippen molar-refractivity contribution in [3.63, 3.8) is 0 Å². The molecule has 2 N–H and O–H groups in total. The minimum atomic E-state index is -0.511. The van der Waals surface area contributed by atoms with Crippen LogP contribution in [-0.2, 0) is 0 Å². The molecule has 2 aromatic heterocycles. The Morgan fingerprint density at radius 2 is 1.66 bits per heavy atom. The standard InChI is InChI=1S/C21H13N5O3/c27-20-16-7-6-15(18-12-22-24-23-18)10-17(16)21(28)26(20)19-11-14(8-9-25(19)29)13-4-2-1-3-5-13/h1-12H,(H-,22,23,24,27,29)/p+1. The van der Waals surface area contributed by atoms with E-state index in [-0.39, 0.29) is 16.9 Å². The maximum atomic E-state index is 13.1. The highest BCUT2D eigenvalue weighted by Crippen LogP contribution is 2.31. The first-order chi connectivity index (χ1) is 14.1. The average molecular weight is 384 g/mol. The molecular formula is C21H14N5O3+. The molecule has 0 saturated carbocycles. The summed E-state index contributed by atoms with van der Waals surface area (Å²) >= 11 is 0. The van der Waals surface area contributed by atoms with Gasteiger partial charge in [-0.05, 0) is 29.3 Å². The Hall–Kier alpha value is -4.33. The minimum Gasteiger partial charge on any atom is -0.350 e. The second-order valence-electron chi connectivity index (χ2n) is 6.55. The van der Waals surface area contributed by atoms with Crippen LogP contribution in [0.5, 0.6) is 0 Å². The van der Waals surface area contributed by atoms with Crippen LogP contribution in [0.2, 0.25) is 0 Å². The number of hydrogen-bond acceptors (Lipinski definition) is 5. The van der Waals surface area contributed by atoms with Gasteiger partial charge in [-0.2, -0.15) is 0 Å². The molecule has 2 aromatic carbocycles. The normalized spacial score (nSPS) is 13.0. The molecule has 2 amide bonds. The molecule has 0 saturated heterocycles. The summed E-state index contributed by atoms with van der Waals surface area (Å²) in [4.78, 5) is 27.0. The van der Waals surface area contributed by atoms with Gasteiger partial charge in [-0.1, -0.05) is 46.3 Å². The van der Waals surface area contributed by atoms with Crippen LogP contribution in [0.15, 0.2) is 73.1 Å². The summed E-state index contributed by atoms with van der Waals surface area (Å²) in [5, 5.41) is 20.5. The van der Waals surface area contributed by atoms with Gasteiger partial charge >= 0.3 is 17.6 Å². The number of amides is 2. The summed E-state index contributed by atoms with van der Waals surface area (Å²) in [5.74, 6) is -0.936. The number of aromatic amines is 1. The van der Waals surface area contributed by atoms with E-state index in [1.807, 2.05) is 30.3 Å². The quantitative estimate of drug-likeness (QED) is 0.321. The van der Waals surface area contributed by atoms with E-state index >= 15 is 0 Å². The maximum absolute atomic E-state index is 13.1. The van der Waals surface area contributed by atoms with E-state index in [0.717, 1.165) is 20.8 Å². The number of benzene rings is 2. The molecule has 0 aliphatic carbocycles. The van der Waals surface area contributed by atoms with Crippen LogP contribution < -0.4 is 9.63 Å². The van der Waals surface area contributed by atoms with Gasteiger partial charge in [0.1, 0.15) is 11.9 Å². The van der Waals surface area contributed by atoms with Gasteiger partial charge in [0.2, 0.25) is 0 Å². The van der Waals surface area contributed by atoms with E-state index in [0.29, 0.717) is 11.3 Å². The van der Waals surface area contributed by atoms with E-state index in [2.05, 4.69) is 15.4 Å². The van der Waals surface area contributed by atoms with Crippen molar-refractivity contribution in [3.05, 3.63) is 84.2 Å². The number of nitrogens with zero attached hydrogens (tertiary/aromatic N) is 4. The highest BCUT2D eigenvalue weighted by Gasteiger charge is 2.46. The van der Waals surface area contributed by atoms with Crippen molar-refractivity contribution in [2.45, 2.75) is 0 Å². The maximum Gasteiger partial charge on any atom is 0.350 e. The first-order valence-electron chi connectivity index (χ1n) is 8.83. The molecular weight excluding hydrogens is 370 g/mol. The van der Waals surface area contributed by atoms with Crippen molar-refractivity contribution in [2.75, 3.05) is 4.90 Å². The topological polar surface area (TPSA) is 103 Å². The zero-order valence-electron chi connectivity index (χ0n) is 15.0. The first-order valence-corrected chi connectivity index (χ1v) is 8.83. The number of H-pyrrole nitrogens is 1. The smallest absolute Gasteiger partial charge is 0.350 e. The Balaban J connectivity index is 1.59. The second kappa shape index (κ2) is 6.38. The highest BCUT2D eigenvalue weighted by atomic mass is 16.5. The van der Waals surface area contributed by atoms with Gasteiger partial charge in [0.15, 0.2) is 0 Å². The van der Waals surface area contributed by atoms with Gasteiger partial charge in [0, 0.05) is 17.8 Å². The number of carbonyl (C=O) groups is 2. The Kier molecular flexibility index (Phi) is 3.70. The number of rotatable bonds is 3. The third-order valence-corrected chi connectivity index (χ3v) is 4.85. The SMILES string of the molecule is O=C1c2ccc(-c3c[nH]nn3)cc2C(=O)N1c1cc(-c2ccccc2)cc[n+]1O. The zero-order valence-corrected chi connectivity index (χ0v) is 15.0. The monoisotopic (exact) mass is 384 g/mol. The fourth-order valence-corrected chi connectivity index (χ4v) is 3.41. The third kappa shape index (κ3) is 2.66. The Morgan fingerprint density at radius 1 is 0.862 bits per heavy atom. The number of carbonyl (C=O) groups excluding carboxylic acids is 2. The van der Waals surface area contributed by atoms with Crippen LogP contribution in [0.3, 0.4) is 0 Å². The number of imide groups is 1. The molecule has 0 fully saturated rings. The molecule has 0 spiro atoms. The lowest BCUT2D eigenvalue weighted by atomic mass is 10.0. The van der Waals surface area contributed by atoms with Gasteiger partial charge in [-0.3, -0.25) is 5.10 Å². The summed E-state index contributed by atoms with van der Waals surface area (Å²) in [6.45, 7) is 0. The number of hydrogen-bond donors (Lipinski definition) is 2. The number of fused-ring (bicyclic) bond motifs is 1. The van der Waals surface area contributed by atoms with Crippen molar-refractivity contribution in [2.24, 2.45) is 0 Å². The second-order valence-corrected chi connectivity index (χ2v) is 6.55. The molecule has 140 valence electrons. The predicted molar refractivity (Wildman–Crippen MR) is 102 cm³/mol.